The smallest absolute Gasteiger partial charge is 0.326 e. The van der Waals surface area contributed by atoms with E-state index in [1.807, 2.05) is 12.1 Å². The number of carboxylic acid groups (broad SMARTS) is 1. The first-order chi connectivity index (χ1) is 19.6. The van der Waals surface area contributed by atoms with Crippen molar-refractivity contribution in [3.63, 3.8) is 0 Å². The van der Waals surface area contributed by atoms with E-state index in [1.165, 1.54) is 21.3 Å². The SMILES string of the molecule is O=C(O)[C@@H]1CC[C@H](c2ccccc2Cl)N1C(=O)C1CCN(c2ccc(S(=O)(=O)N3CCCCC3)cc2[N+](=O)[O-])CC1. The molecule has 0 unspecified atom stereocenters. The number of aliphatic carboxylic acids is 1. The molecule has 0 aliphatic carbocycles. The van der Waals surface area contributed by atoms with Gasteiger partial charge >= 0.3 is 5.97 Å². The van der Waals surface area contributed by atoms with Gasteiger partial charge in [-0.15, -0.1) is 0 Å². The lowest BCUT2D eigenvalue weighted by molar-refractivity contribution is -0.384. The van der Waals surface area contributed by atoms with E-state index in [9.17, 15) is 33.2 Å². The minimum atomic E-state index is -3.84. The van der Waals surface area contributed by atoms with Crippen LogP contribution in [0.1, 0.15) is 56.6 Å². The summed E-state index contributed by atoms with van der Waals surface area (Å²) in [4.78, 5) is 40.4. The maximum Gasteiger partial charge on any atom is 0.326 e. The number of nitro groups is 1. The Kier molecular flexibility index (Phi) is 8.53. The number of carbonyl (C=O) groups is 2. The van der Waals surface area contributed by atoms with Gasteiger partial charge in [-0.3, -0.25) is 14.9 Å². The fourth-order valence-corrected chi connectivity index (χ4v) is 8.12. The topological polar surface area (TPSA) is 141 Å². The lowest BCUT2D eigenvalue weighted by Crippen LogP contribution is -2.47. The first-order valence-corrected chi connectivity index (χ1v) is 15.7. The van der Waals surface area contributed by atoms with E-state index in [4.69, 9.17) is 11.6 Å². The van der Waals surface area contributed by atoms with Gasteiger partial charge in [-0.25, -0.2) is 13.2 Å². The highest BCUT2D eigenvalue weighted by Gasteiger charge is 2.45. The van der Waals surface area contributed by atoms with Crippen molar-refractivity contribution in [1.29, 1.82) is 0 Å². The van der Waals surface area contributed by atoms with Crippen molar-refractivity contribution in [2.24, 2.45) is 5.92 Å². The highest BCUT2D eigenvalue weighted by molar-refractivity contribution is 7.89. The van der Waals surface area contributed by atoms with Gasteiger partial charge < -0.3 is 14.9 Å². The molecule has 3 aliphatic heterocycles. The quantitative estimate of drug-likeness (QED) is 0.361. The number of amides is 1. The van der Waals surface area contributed by atoms with Crippen LogP contribution in [0.25, 0.3) is 0 Å². The number of carbonyl (C=O) groups excluding carboxylic acids is 1. The van der Waals surface area contributed by atoms with Crippen LogP contribution in [0.2, 0.25) is 5.02 Å². The zero-order chi connectivity index (χ0) is 29.3. The summed E-state index contributed by atoms with van der Waals surface area (Å²) in [5, 5.41) is 22.3. The second-order valence-electron chi connectivity index (χ2n) is 10.8. The second-order valence-corrected chi connectivity index (χ2v) is 13.2. The average molecular weight is 605 g/mol. The number of anilines is 1. The van der Waals surface area contributed by atoms with Crippen LogP contribution in [0, 0.1) is 16.0 Å². The molecule has 41 heavy (non-hydrogen) atoms. The Labute approximate surface area is 243 Å². The molecule has 220 valence electrons. The van der Waals surface area contributed by atoms with Crippen LogP contribution in [0.3, 0.4) is 0 Å². The summed E-state index contributed by atoms with van der Waals surface area (Å²) in [5.41, 5.74) is 0.730. The number of likely N-dealkylation sites (tertiary alicyclic amines) is 1. The van der Waals surface area contributed by atoms with Crippen molar-refractivity contribution in [2.75, 3.05) is 31.1 Å². The zero-order valence-electron chi connectivity index (χ0n) is 22.5. The third kappa shape index (κ3) is 5.77. The summed E-state index contributed by atoms with van der Waals surface area (Å²) in [5.74, 6) is -1.76. The minimum absolute atomic E-state index is 0.0979. The summed E-state index contributed by atoms with van der Waals surface area (Å²) in [6, 6.07) is 9.77. The maximum absolute atomic E-state index is 13.8. The summed E-state index contributed by atoms with van der Waals surface area (Å²) < 4.78 is 27.6. The van der Waals surface area contributed by atoms with E-state index in [1.54, 1.807) is 17.0 Å². The second kappa shape index (κ2) is 11.9. The van der Waals surface area contributed by atoms with Crippen LogP contribution in [0.15, 0.2) is 47.4 Å². The highest BCUT2D eigenvalue weighted by atomic mass is 35.5. The van der Waals surface area contributed by atoms with Gasteiger partial charge in [-0.2, -0.15) is 4.31 Å². The molecule has 13 heteroatoms. The fourth-order valence-electron chi connectivity index (χ4n) is 6.32. The van der Waals surface area contributed by atoms with Gasteiger partial charge in [-0.1, -0.05) is 36.2 Å². The molecule has 11 nitrogen and oxygen atoms in total. The number of carboxylic acids is 1. The van der Waals surface area contributed by atoms with Crippen LogP contribution in [0.4, 0.5) is 11.4 Å². The summed E-state index contributed by atoms with van der Waals surface area (Å²) >= 11 is 6.41. The fraction of sp³-hybridized carbons (Fsp3) is 0.500. The van der Waals surface area contributed by atoms with Crippen LogP contribution >= 0.6 is 11.6 Å². The largest absolute Gasteiger partial charge is 0.480 e. The van der Waals surface area contributed by atoms with Crippen LogP contribution < -0.4 is 4.90 Å². The first kappa shape index (κ1) is 29.3. The standard InChI is InChI=1S/C28H33ClN4O7S/c29-22-7-3-2-6-21(22)23-10-11-25(28(35)36)32(23)27(34)19-12-16-30(17-13-19)24-9-8-20(18-26(24)33(37)38)41(39,40)31-14-4-1-5-15-31/h2-3,6-9,18-19,23,25H,1,4-5,10-17H2,(H,35,36)/t23-,25+/m1/s1. The lowest BCUT2D eigenvalue weighted by Gasteiger charge is -2.37. The monoisotopic (exact) mass is 604 g/mol. The van der Waals surface area contributed by atoms with Crippen molar-refractivity contribution in [3.05, 3.63) is 63.2 Å². The van der Waals surface area contributed by atoms with Gasteiger partial charge in [0.05, 0.1) is 15.9 Å². The molecular weight excluding hydrogens is 572 g/mol. The molecule has 1 amide bonds. The van der Waals surface area contributed by atoms with E-state index < -0.39 is 38.9 Å². The van der Waals surface area contributed by atoms with E-state index in [-0.39, 0.29) is 16.5 Å². The number of hydrogen-bond acceptors (Lipinski definition) is 7. The molecule has 3 fully saturated rings. The normalized spacial score (nSPS) is 22.6. The van der Waals surface area contributed by atoms with E-state index in [0.29, 0.717) is 62.6 Å². The number of rotatable bonds is 7. The number of benzene rings is 2. The molecule has 3 saturated heterocycles. The molecule has 3 heterocycles. The predicted molar refractivity (Wildman–Crippen MR) is 152 cm³/mol. The Morgan fingerprint density at radius 2 is 1.63 bits per heavy atom. The van der Waals surface area contributed by atoms with Crippen LogP contribution in [-0.4, -0.2) is 71.8 Å². The van der Waals surface area contributed by atoms with E-state index in [0.717, 1.165) is 30.9 Å². The molecule has 0 saturated carbocycles. The molecule has 0 radical (unpaired) electrons. The molecule has 2 aromatic rings. The number of sulfonamides is 1. The first-order valence-electron chi connectivity index (χ1n) is 13.9. The molecule has 3 aliphatic rings. The highest BCUT2D eigenvalue weighted by Crippen LogP contribution is 2.42. The summed E-state index contributed by atoms with van der Waals surface area (Å²) in [7, 11) is -3.84. The number of piperidine rings is 2. The minimum Gasteiger partial charge on any atom is -0.480 e. The average Bonchev–Trinajstić information content (AvgIpc) is 3.42. The lowest BCUT2D eigenvalue weighted by atomic mass is 9.93. The van der Waals surface area contributed by atoms with Gasteiger partial charge in [0.25, 0.3) is 5.69 Å². The number of hydrogen-bond donors (Lipinski definition) is 1. The van der Waals surface area contributed by atoms with Gasteiger partial charge in [0.15, 0.2) is 0 Å². The van der Waals surface area contributed by atoms with E-state index in [2.05, 4.69) is 0 Å². The van der Waals surface area contributed by atoms with Crippen molar-refractivity contribution < 1.29 is 28.0 Å². The van der Waals surface area contributed by atoms with Gasteiger partial charge in [0.2, 0.25) is 15.9 Å². The van der Waals surface area contributed by atoms with Crippen LogP contribution in [0.5, 0.6) is 0 Å². The molecule has 2 atom stereocenters. The molecule has 0 bridgehead atoms. The van der Waals surface area contributed by atoms with Crippen molar-refractivity contribution in [2.45, 2.75) is 61.9 Å². The number of halogens is 1. The molecule has 0 aromatic heterocycles. The van der Waals surface area contributed by atoms with Crippen molar-refractivity contribution >= 4 is 44.9 Å². The predicted octanol–water partition coefficient (Wildman–Crippen LogP) is 4.46. The van der Waals surface area contributed by atoms with E-state index >= 15 is 0 Å². The molecule has 2 aromatic carbocycles. The molecule has 5 rings (SSSR count). The van der Waals surface area contributed by atoms with Crippen molar-refractivity contribution in [1.82, 2.24) is 9.21 Å². The third-order valence-electron chi connectivity index (χ3n) is 8.47. The summed E-state index contributed by atoms with van der Waals surface area (Å²) in [6.45, 7) is 1.46. The molecule has 1 N–H and O–H groups in total. The Morgan fingerprint density at radius 3 is 2.27 bits per heavy atom. The Morgan fingerprint density at radius 1 is 0.951 bits per heavy atom. The zero-order valence-corrected chi connectivity index (χ0v) is 24.1. The molecular formula is C28H33ClN4O7S. The number of nitro benzene ring substituents is 1. The van der Waals surface area contributed by atoms with Gasteiger partial charge in [0.1, 0.15) is 11.7 Å². The van der Waals surface area contributed by atoms with Gasteiger partial charge in [0, 0.05) is 43.2 Å². The molecule has 0 spiro atoms. The van der Waals surface area contributed by atoms with Crippen molar-refractivity contribution in [3.8, 4) is 0 Å². The number of nitrogens with zero attached hydrogens (tertiary/aromatic N) is 4. The van der Waals surface area contributed by atoms with Crippen LogP contribution in [-0.2, 0) is 19.6 Å². The van der Waals surface area contributed by atoms with Gasteiger partial charge in [-0.05, 0) is 62.3 Å². The third-order valence-corrected chi connectivity index (χ3v) is 10.7. The Hall–Kier alpha value is -3.22. The Balaban J connectivity index is 1.33. The Bertz CT molecular complexity index is 1440. The maximum atomic E-state index is 13.8. The summed E-state index contributed by atoms with van der Waals surface area (Å²) in [6.07, 6.45) is 4.05.